The van der Waals surface area contributed by atoms with Crippen LogP contribution in [0.25, 0.3) is 11.6 Å². The van der Waals surface area contributed by atoms with E-state index >= 15 is 0 Å². The minimum atomic E-state index is -4.51. The van der Waals surface area contributed by atoms with Crippen LogP contribution in [0, 0.1) is 0 Å². The third kappa shape index (κ3) is 2.16. The highest BCUT2D eigenvalue weighted by molar-refractivity contribution is 5.45. The van der Waals surface area contributed by atoms with Crippen LogP contribution in [0.1, 0.15) is 17.0 Å². The van der Waals surface area contributed by atoms with Crippen molar-refractivity contribution in [2.45, 2.75) is 19.1 Å². The monoisotopic (exact) mass is 270 g/mol. The van der Waals surface area contributed by atoms with Gasteiger partial charge in [0.1, 0.15) is 6.33 Å². The van der Waals surface area contributed by atoms with E-state index in [9.17, 15) is 13.2 Å². The smallest absolute Gasteiger partial charge is 0.312 e. The molecule has 2 N–H and O–H groups in total. The van der Waals surface area contributed by atoms with E-state index < -0.39 is 11.9 Å². The van der Waals surface area contributed by atoms with Crippen molar-refractivity contribution in [3.63, 3.8) is 0 Å². The zero-order chi connectivity index (χ0) is 13.5. The highest BCUT2D eigenvalue weighted by Crippen LogP contribution is 2.33. The van der Waals surface area contributed by atoms with Crippen LogP contribution in [0.2, 0.25) is 0 Å². The molecule has 0 atom stereocenters. The van der Waals surface area contributed by atoms with Crippen molar-refractivity contribution in [2.75, 3.05) is 6.54 Å². The second-order valence-electron chi connectivity index (χ2n) is 4.08. The molecule has 1 aliphatic rings. The summed E-state index contributed by atoms with van der Waals surface area (Å²) < 4.78 is 39.1. The van der Waals surface area contributed by atoms with Crippen LogP contribution < -0.4 is 5.32 Å². The van der Waals surface area contributed by atoms with E-state index in [1.807, 2.05) is 0 Å². The Morgan fingerprint density at radius 2 is 2.05 bits per heavy atom. The first-order valence-corrected chi connectivity index (χ1v) is 5.59. The summed E-state index contributed by atoms with van der Waals surface area (Å²) in [4.78, 5) is 11.5. The fourth-order valence-corrected chi connectivity index (χ4v) is 2.00. The van der Waals surface area contributed by atoms with Gasteiger partial charge in [0, 0.05) is 25.1 Å². The van der Waals surface area contributed by atoms with Crippen molar-refractivity contribution >= 4 is 0 Å². The molecule has 0 fully saturated rings. The molecular formula is C10H9F3N6. The third-order valence-electron chi connectivity index (χ3n) is 2.83. The summed E-state index contributed by atoms with van der Waals surface area (Å²) >= 11 is 0. The minimum Gasteiger partial charge on any atom is -0.312 e. The van der Waals surface area contributed by atoms with Crippen molar-refractivity contribution in [1.29, 1.82) is 0 Å². The summed E-state index contributed by atoms with van der Waals surface area (Å²) in [5.74, 6) is 0.0531. The topological polar surface area (TPSA) is 79.4 Å². The molecule has 1 aliphatic heterocycles. The van der Waals surface area contributed by atoms with Gasteiger partial charge in [-0.3, -0.25) is 5.10 Å². The Hall–Kier alpha value is -2.03. The molecule has 0 saturated carbocycles. The highest BCUT2D eigenvalue weighted by Gasteiger charge is 2.38. The zero-order valence-corrected chi connectivity index (χ0v) is 9.62. The number of nitrogens with one attached hydrogen (secondary N) is 2. The summed E-state index contributed by atoms with van der Waals surface area (Å²) in [6.45, 7) is 0.720. The van der Waals surface area contributed by atoms with Gasteiger partial charge in [0.2, 0.25) is 0 Å². The first-order valence-electron chi connectivity index (χ1n) is 5.59. The highest BCUT2D eigenvalue weighted by atomic mass is 19.4. The molecule has 2 aromatic heterocycles. The van der Waals surface area contributed by atoms with Gasteiger partial charge in [-0.25, -0.2) is 15.0 Å². The van der Waals surface area contributed by atoms with Crippen LogP contribution in [0.4, 0.5) is 13.2 Å². The van der Waals surface area contributed by atoms with E-state index in [0.29, 0.717) is 18.7 Å². The molecule has 6 nitrogen and oxygen atoms in total. The van der Waals surface area contributed by atoms with E-state index in [1.54, 1.807) is 0 Å². The Bertz CT molecular complexity index is 592. The van der Waals surface area contributed by atoms with E-state index in [0.717, 1.165) is 0 Å². The first-order chi connectivity index (χ1) is 9.05. The van der Waals surface area contributed by atoms with Crippen molar-refractivity contribution in [3.05, 3.63) is 23.3 Å². The normalized spacial score (nSPS) is 15.3. The van der Waals surface area contributed by atoms with Crippen molar-refractivity contribution in [3.8, 4) is 11.6 Å². The Morgan fingerprint density at radius 3 is 2.74 bits per heavy atom. The van der Waals surface area contributed by atoms with E-state index in [-0.39, 0.29) is 23.8 Å². The summed E-state index contributed by atoms with van der Waals surface area (Å²) in [7, 11) is 0. The van der Waals surface area contributed by atoms with Gasteiger partial charge in [-0.05, 0) is 0 Å². The summed E-state index contributed by atoms with van der Waals surface area (Å²) in [6.07, 6.45) is -2.88. The number of aromatic amines is 1. The molecule has 3 heterocycles. The van der Waals surface area contributed by atoms with Crippen molar-refractivity contribution in [1.82, 2.24) is 30.5 Å². The van der Waals surface area contributed by atoms with Crippen molar-refractivity contribution < 1.29 is 13.2 Å². The molecule has 19 heavy (non-hydrogen) atoms. The number of fused-ring (bicyclic) bond motifs is 1. The summed E-state index contributed by atoms with van der Waals surface area (Å²) in [5, 5.41) is 8.95. The molecular weight excluding hydrogens is 261 g/mol. The van der Waals surface area contributed by atoms with E-state index in [1.165, 1.54) is 6.33 Å². The van der Waals surface area contributed by atoms with Gasteiger partial charge in [-0.15, -0.1) is 0 Å². The minimum absolute atomic E-state index is 0.0783. The van der Waals surface area contributed by atoms with Crippen LogP contribution in [0.3, 0.4) is 0 Å². The Balaban J connectivity index is 2.19. The Kier molecular flexibility index (Phi) is 2.70. The lowest BCUT2D eigenvalue weighted by Gasteiger charge is -2.20. The second-order valence-corrected chi connectivity index (χ2v) is 4.08. The fourth-order valence-electron chi connectivity index (χ4n) is 2.00. The third-order valence-corrected chi connectivity index (χ3v) is 2.83. The SMILES string of the molecule is FC(F)(F)c1nc(-c2ncn[nH]2)nc2c1CNCC2. The number of rotatable bonds is 1. The van der Waals surface area contributed by atoms with Crippen LogP contribution in [0.15, 0.2) is 6.33 Å². The Morgan fingerprint density at radius 1 is 1.21 bits per heavy atom. The number of nitrogens with zero attached hydrogens (tertiary/aromatic N) is 4. The number of H-pyrrole nitrogens is 1. The predicted octanol–water partition coefficient (Wildman–Crippen LogP) is 0.926. The molecule has 9 heteroatoms. The lowest BCUT2D eigenvalue weighted by atomic mass is 10.0. The van der Waals surface area contributed by atoms with E-state index in [4.69, 9.17) is 0 Å². The quantitative estimate of drug-likeness (QED) is 0.805. The standard InChI is InChI=1S/C10H9F3N6/c11-10(12,13)7-5-3-14-2-1-6(5)17-9(18-7)8-15-4-16-19-8/h4,14H,1-3H2,(H,15,16,19). The molecule has 100 valence electrons. The van der Waals surface area contributed by atoms with Gasteiger partial charge in [0.25, 0.3) is 0 Å². The summed E-state index contributed by atoms with van der Waals surface area (Å²) in [5.41, 5.74) is -0.384. The number of alkyl halides is 3. The number of hydrogen-bond donors (Lipinski definition) is 2. The van der Waals surface area contributed by atoms with Crippen LogP contribution in [-0.4, -0.2) is 31.7 Å². The lowest BCUT2D eigenvalue weighted by Crippen LogP contribution is -2.29. The van der Waals surface area contributed by atoms with Gasteiger partial charge < -0.3 is 5.32 Å². The maximum atomic E-state index is 13.0. The van der Waals surface area contributed by atoms with Gasteiger partial charge in [-0.1, -0.05) is 0 Å². The molecule has 3 rings (SSSR count). The molecule has 2 aromatic rings. The zero-order valence-electron chi connectivity index (χ0n) is 9.62. The number of halogens is 3. The van der Waals surface area contributed by atoms with E-state index in [2.05, 4.69) is 30.5 Å². The fraction of sp³-hybridized carbons (Fsp3) is 0.400. The molecule has 0 radical (unpaired) electrons. The van der Waals surface area contributed by atoms with Crippen LogP contribution in [-0.2, 0) is 19.1 Å². The molecule has 0 spiro atoms. The Labute approximate surface area is 105 Å². The van der Waals surface area contributed by atoms with Crippen molar-refractivity contribution in [2.24, 2.45) is 0 Å². The number of hydrogen-bond acceptors (Lipinski definition) is 5. The molecule has 0 bridgehead atoms. The average molecular weight is 270 g/mol. The molecule has 0 saturated heterocycles. The predicted molar refractivity (Wildman–Crippen MR) is 57.8 cm³/mol. The van der Waals surface area contributed by atoms with Gasteiger partial charge in [0.05, 0.1) is 5.69 Å². The summed E-state index contributed by atoms with van der Waals surface area (Å²) in [6, 6.07) is 0. The first kappa shape index (κ1) is 12.0. The molecule has 0 aliphatic carbocycles. The lowest BCUT2D eigenvalue weighted by molar-refractivity contribution is -0.142. The van der Waals surface area contributed by atoms with Gasteiger partial charge in [-0.2, -0.15) is 18.3 Å². The molecule has 0 unspecified atom stereocenters. The van der Waals surface area contributed by atoms with Crippen LogP contribution >= 0.6 is 0 Å². The second kappa shape index (κ2) is 4.26. The average Bonchev–Trinajstić information content (AvgIpc) is 2.90. The molecule has 0 aromatic carbocycles. The number of aromatic nitrogens is 5. The van der Waals surface area contributed by atoms with Gasteiger partial charge in [0.15, 0.2) is 17.3 Å². The van der Waals surface area contributed by atoms with Gasteiger partial charge >= 0.3 is 6.18 Å². The maximum absolute atomic E-state index is 13.0. The van der Waals surface area contributed by atoms with Crippen LogP contribution in [0.5, 0.6) is 0 Å². The largest absolute Gasteiger partial charge is 0.433 e. The maximum Gasteiger partial charge on any atom is 0.433 e. The molecule has 0 amide bonds.